The van der Waals surface area contributed by atoms with Gasteiger partial charge in [-0.3, -0.25) is 4.79 Å². The number of carbonyl (C=O) groups is 1. The number of carbonyl (C=O) groups excluding carboxylic acids is 1. The van der Waals surface area contributed by atoms with Crippen LogP contribution in [-0.4, -0.2) is 49.7 Å². The lowest BCUT2D eigenvalue weighted by molar-refractivity contribution is -0.274. The van der Waals surface area contributed by atoms with Crippen molar-refractivity contribution in [2.75, 3.05) is 20.3 Å². The van der Waals surface area contributed by atoms with Crippen molar-refractivity contribution in [2.24, 2.45) is 5.92 Å². The Morgan fingerprint density at radius 2 is 1.68 bits per heavy atom. The highest BCUT2D eigenvalue weighted by molar-refractivity contribution is 5.80. The number of aliphatic hydroxyl groups excluding tert-OH is 1. The third-order valence-corrected chi connectivity index (χ3v) is 2.05. The van der Waals surface area contributed by atoms with Crippen molar-refractivity contribution in [1.82, 2.24) is 5.32 Å². The molecule has 0 saturated heterocycles. The normalized spacial score (nSPS) is 14.6. The van der Waals surface area contributed by atoms with Crippen LogP contribution in [-0.2, 0) is 9.53 Å². The number of rotatable bonds is 6. The van der Waals surface area contributed by atoms with Crippen molar-refractivity contribution in [1.29, 1.82) is 0 Å². The number of nitrogens with one attached hydrogen (secondary N) is 1. The van der Waals surface area contributed by atoms with Gasteiger partial charge in [0.1, 0.15) is 0 Å². The van der Waals surface area contributed by atoms with Gasteiger partial charge in [0.05, 0.1) is 12.7 Å². The third-order valence-electron chi connectivity index (χ3n) is 2.05. The van der Waals surface area contributed by atoms with Gasteiger partial charge in [-0.25, -0.2) is 0 Å². The number of alkyl halides is 6. The minimum atomic E-state index is -5.71. The maximum atomic E-state index is 12.1. The van der Waals surface area contributed by atoms with Crippen LogP contribution in [0.1, 0.15) is 6.42 Å². The lowest BCUT2D eigenvalue weighted by Crippen LogP contribution is -2.48. The van der Waals surface area contributed by atoms with Gasteiger partial charge in [0.15, 0.2) is 0 Å². The fourth-order valence-corrected chi connectivity index (χ4v) is 1.22. The van der Waals surface area contributed by atoms with E-state index >= 15 is 0 Å². The molecule has 0 rings (SSSR count). The van der Waals surface area contributed by atoms with Gasteiger partial charge < -0.3 is 15.2 Å². The molecule has 10 heteroatoms. The number of hydrogen-bond donors (Lipinski definition) is 2. The molecule has 0 aromatic heterocycles. The molecule has 1 atom stereocenters. The SMILES string of the molecule is COCC(O)CCNC(=O)C(C(F)(F)F)C(F)(F)F. The molecular formula is C9H13F6NO3. The third kappa shape index (κ3) is 6.62. The van der Waals surface area contributed by atoms with Gasteiger partial charge in [0.25, 0.3) is 0 Å². The smallest absolute Gasteiger partial charge is 0.391 e. The summed E-state index contributed by atoms with van der Waals surface area (Å²) in [6, 6.07) is 0. The maximum Gasteiger partial charge on any atom is 0.409 e. The van der Waals surface area contributed by atoms with E-state index in [4.69, 9.17) is 5.11 Å². The summed E-state index contributed by atoms with van der Waals surface area (Å²) in [5.74, 6) is -6.26. The molecule has 0 saturated carbocycles. The summed E-state index contributed by atoms with van der Waals surface area (Å²) < 4.78 is 77.2. The van der Waals surface area contributed by atoms with Gasteiger partial charge in [-0.15, -0.1) is 0 Å². The molecule has 0 aliphatic carbocycles. The largest absolute Gasteiger partial charge is 0.409 e. The van der Waals surface area contributed by atoms with Crippen LogP contribution in [0.15, 0.2) is 0 Å². The average Bonchev–Trinajstić information content (AvgIpc) is 2.12. The summed E-state index contributed by atoms with van der Waals surface area (Å²) >= 11 is 0. The second-order valence-corrected chi connectivity index (χ2v) is 3.71. The van der Waals surface area contributed by atoms with E-state index in [-0.39, 0.29) is 13.0 Å². The zero-order valence-corrected chi connectivity index (χ0v) is 9.81. The zero-order valence-electron chi connectivity index (χ0n) is 9.81. The fourth-order valence-electron chi connectivity index (χ4n) is 1.22. The molecule has 1 amide bonds. The van der Waals surface area contributed by atoms with E-state index < -0.39 is 36.8 Å². The number of methoxy groups -OCH3 is 1. The second-order valence-electron chi connectivity index (χ2n) is 3.71. The molecule has 0 spiro atoms. The number of amides is 1. The standard InChI is InChI=1S/C9H13F6NO3/c1-19-4-5(17)2-3-16-7(18)6(8(10,11)12)9(13,14)15/h5-6,17H,2-4H2,1H3,(H,16,18). The molecule has 0 aliphatic rings. The quantitative estimate of drug-likeness (QED) is 0.725. The van der Waals surface area contributed by atoms with Crippen LogP contribution in [0.5, 0.6) is 0 Å². The topological polar surface area (TPSA) is 58.6 Å². The number of halogens is 6. The first-order chi connectivity index (χ1) is 8.50. The van der Waals surface area contributed by atoms with Crippen LogP contribution in [0.25, 0.3) is 0 Å². The van der Waals surface area contributed by atoms with Crippen molar-refractivity contribution >= 4 is 5.91 Å². The molecule has 0 bridgehead atoms. The molecule has 0 fully saturated rings. The summed E-state index contributed by atoms with van der Waals surface area (Å²) in [6.07, 6.45) is -12.7. The van der Waals surface area contributed by atoms with Crippen LogP contribution in [0.3, 0.4) is 0 Å². The van der Waals surface area contributed by atoms with Crippen LogP contribution in [0, 0.1) is 5.92 Å². The van der Waals surface area contributed by atoms with Gasteiger partial charge in [-0.1, -0.05) is 0 Å². The Labute approximate surface area is 104 Å². The Bertz CT molecular complexity index is 277. The van der Waals surface area contributed by atoms with E-state index in [1.807, 2.05) is 0 Å². The van der Waals surface area contributed by atoms with Crippen molar-refractivity contribution in [2.45, 2.75) is 24.9 Å². The number of aliphatic hydroxyl groups is 1. The van der Waals surface area contributed by atoms with Crippen LogP contribution >= 0.6 is 0 Å². The Kier molecular flexibility index (Phi) is 6.57. The first-order valence-corrected chi connectivity index (χ1v) is 5.08. The van der Waals surface area contributed by atoms with Crippen molar-refractivity contribution < 1.29 is 41.0 Å². The minimum absolute atomic E-state index is 0.141. The molecule has 4 nitrogen and oxygen atoms in total. The first kappa shape index (κ1) is 18.0. The van der Waals surface area contributed by atoms with Crippen LogP contribution < -0.4 is 5.32 Å². The second kappa shape index (κ2) is 6.94. The maximum absolute atomic E-state index is 12.1. The number of hydrogen-bond acceptors (Lipinski definition) is 3. The number of ether oxygens (including phenoxy) is 1. The summed E-state index contributed by atoms with van der Waals surface area (Å²) in [5.41, 5.74) is 0. The molecule has 0 radical (unpaired) electrons. The fraction of sp³-hybridized carbons (Fsp3) is 0.889. The molecule has 0 aromatic carbocycles. The van der Waals surface area contributed by atoms with Crippen LogP contribution in [0.2, 0.25) is 0 Å². The molecular weight excluding hydrogens is 284 g/mol. The molecule has 0 aromatic rings. The highest BCUT2D eigenvalue weighted by atomic mass is 19.4. The van der Waals surface area contributed by atoms with Gasteiger partial charge in [0, 0.05) is 13.7 Å². The lowest BCUT2D eigenvalue weighted by atomic mass is 10.1. The molecule has 0 heterocycles. The Balaban J connectivity index is 4.44. The minimum Gasteiger partial charge on any atom is -0.391 e. The van der Waals surface area contributed by atoms with Crippen molar-refractivity contribution in [3.63, 3.8) is 0 Å². The lowest BCUT2D eigenvalue weighted by Gasteiger charge is -2.22. The average molecular weight is 297 g/mol. The Hall–Kier alpha value is -1.03. The molecule has 2 N–H and O–H groups in total. The first-order valence-electron chi connectivity index (χ1n) is 5.08. The predicted octanol–water partition coefficient (Wildman–Crippen LogP) is 1.24. The van der Waals surface area contributed by atoms with Gasteiger partial charge >= 0.3 is 12.4 Å². The summed E-state index contributed by atoms with van der Waals surface area (Å²) in [4.78, 5) is 10.9. The predicted molar refractivity (Wildman–Crippen MR) is 51.1 cm³/mol. The van der Waals surface area contributed by atoms with Crippen LogP contribution in [0.4, 0.5) is 26.3 Å². The van der Waals surface area contributed by atoms with Gasteiger partial charge in [-0.05, 0) is 6.42 Å². The van der Waals surface area contributed by atoms with E-state index in [1.54, 1.807) is 0 Å². The van der Waals surface area contributed by atoms with E-state index in [1.165, 1.54) is 12.4 Å². The summed E-state index contributed by atoms with van der Waals surface area (Å²) in [6.45, 7) is -0.663. The zero-order chi connectivity index (χ0) is 15.3. The Morgan fingerprint density at radius 3 is 2.05 bits per heavy atom. The van der Waals surface area contributed by atoms with Crippen molar-refractivity contribution in [3.8, 4) is 0 Å². The molecule has 0 aliphatic heterocycles. The molecule has 1 unspecified atom stereocenters. The Morgan fingerprint density at radius 1 is 1.21 bits per heavy atom. The van der Waals surface area contributed by atoms with E-state index in [9.17, 15) is 31.1 Å². The summed E-state index contributed by atoms with van der Waals surface area (Å²) in [7, 11) is 1.26. The van der Waals surface area contributed by atoms with E-state index in [2.05, 4.69) is 4.74 Å². The summed E-state index contributed by atoms with van der Waals surface area (Å²) in [5, 5.41) is 10.6. The van der Waals surface area contributed by atoms with E-state index in [0.29, 0.717) is 0 Å². The van der Waals surface area contributed by atoms with Gasteiger partial charge in [0.2, 0.25) is 11.8 Å². The van der Waals surface area contributed by atoms with E-state index in [0.717, 1.165) is 0 Å². The molecule has 19 heavy (non-hydrogen) atoms. The van der Waals surface area contributed by atoms with Gasteiger partial charge in [-0.2, -0.15) is 26.3 Å². The monoisotopic (exact) mass is 297 g/mol. The molecule has 114 valence electrons. The highest BCUT2D eigenvalue weighted by Crippen LogP contribution is 2.39. The van der Waals surface area contributed by atoms with Crippen molar-refractivity contribution in [3.05, 3.63) is 0 Å². The highest BCUT2D eigenvalue weighted by Gasteiger charge is 2.60.